The molecule has 0 unspecified atom stereocenters. The Morgan fingerprint density at radius 3 is 1.92 bits per heavy atom. The lowest BCUT2D eigenvalue weighted by atomic mass is 9.84. The smallest absolute Gasteiger partial charge is 0.321 e. The van der Waals surface area contributed by atoms with Crippen LogP contribution in [-0.4, -0.2) is 47.9 Å². The summed E-state index contributed by atoms with van der Waals surface area (Å²) < 4.78 is 11.1. The highest BCUT2D eigenvalue weighted by Gasteiger charge is 2.49. The Hall–Kier alpha value is -4.79. The van der Waals surface area contributed by atoms with Crippen LogP contribution in [0.1, 0.15) is 176 Å². The van der Waals surface area contributed by atoms with E-state index in [2.05, 4.69) is 52.6 Å². The number of esters is 2. The lowest BCUT2D eigenvalue weighted by Gasteiger charge is -2.20. The zero-order valence-corrected chi connectivity index (χ0v) is 40.2. The number of methoxy groups -OCH3 is 1. The maximum Gasteiger partial charge on any atom is 0.321 e. The van der Waals surface area contributed by atoms with Gasteiger partial charge in [-0.3, -0.25) is 9.59 Å². The van der Waals surface area contributed by atoms with Crippen molar-refractivity contribution in [3.8, 4) is 0 Å². The van der Waals surface area contributed by atoms with Gasteiger partial charge in [-0.2, -0.15) is 0 Å². The molecule has 346 valence electrons. The van der Waals surface area contributed by atoms with Crippen molar-refractivity contribution in [1.82, 2.24) is 5.32 Å². The summed E-state index contributed by atoms with van der Waals surface area (Å²) in [5.74, 6) is -2.23. The van der Waals surface area contributed by atoms with Crippen LogP contribution in [0.5, 0.6) is 0 Å². The second-order valence-corrected chi connectivity index (χ2v) is 18.7. The molecule has 0 radical (unpaired) electrons. The monoisotopic (exact) mass is 873 g/mol. The van der Waals surface area contributed by atoms with Crippen molar-refractivity contribution in [1.29, 1.82) is 0 Å². The van der Waals surface area contributed by atoms with Gasteiger partial charge in [-0.05, 0) is 80.6 Å². The van der Waals surface area contributed by atoms with Crippen molar-refractivity contribution in [2.45, 2.75) is 176 Å². The average Bonchev–Trinajstić information content (AvgIpc) is 4.03. The fourth-order valence-electron chi connectivity index (χ4n) is 10.3. The molecule has 6 rings (SSSR count). The highest BCUT2D eigenvalue weighted by Crippen LogP contribution is 2.49. The summed E-state index contributed by atoms with van der Waals surface area (Å²) in [5.41, 5.74) is 12.2. The van der Waals surface area contributed by atoms with Crippen LogP contribution < -0.4 is 5.32 Å². The van der Waals surface area contributed by atoms with E-state index in [9.17, 15) is 14.7 Å². The Morgan fingerprint density at radius 2 is 1.34 bits per heavy atom. The number of rotatable bonds is 25. The van der Waals surface area contributed by atoms with Crippen LogP contribution in [0.2, 0.25) is 0 Å². The first kappa shape index (κ1) is 48.7. The summed E-state index contributed by atoms with van der Waals surface area (Å²) in [6, 6.07) is 0. The largest absolute Gasteiger partial charge is 0.510 e. The summed E-state index contributed by atoms with van der Waals surface area (Å²) >= 11 is 0. The fraction of sp³-hybridized carbons (Fsp3) is 0.582. The second-order valence-electron chi connectivity index (χ2n) is 18.7. The molecule has 0 spiro atoms. The van der Waals surface area contributed by atoms with Crippen molar-refractivity contribution < 1.29 is 24.2 Å². The zero-order chi connectivity index (χ0) is 45.8. The summed E-state index contributed by atoms with van der Waals surface area (Å²) in [7, 11) is 1.34. The molecule has 1 fully saturated rings. The van der Waals surface area contributed by atoms with Gasteiger partial charge < -0.3 is 19.9 Å². The summed E-state index contributed by atoms with van der Waals surface area (Å²) in [5, 5.41) is 15.6. The minimum absolute atomic E-state index is 0.0744. The molecule has 9 nitrogen and oxygen atoms in total. The number of allylic oxidation sites excluding steroid dienone is 11. The summed E-state index contributed by atoms with van der Waals surface area (Å²) in [4.78, 5) is 42.3. The highest BCUT2D eigenvalue weighted by atomic mass is 16.5. The standard InChI is InChI=1S/C55H76N4O5/c1-9-12-13-14-15-16-17-18-19-20-21-22-23-24-25-26-27-28-31-64-48(60)30-29-41-37(6)44-32-42-35(4)39(10-2)46(56-42)33-43-36(5)40(11-3)47(57-43)34-45-38(7)49-53(59-45)50(52(41)58-44)51(54(49)61)55(62)63-8/h10,32-34,37,41,51,58,61H,2,9,11-31H2,1,3-8H3/t37-,41-,51+/m0/s1. The molecule has 0 aromatic rings. The van der Waals surface area contributed by atoms with E-state index in [0.29, 0.717) is 35.6 Å². The van der Waals surface area contributed by atoms with Gasteiger partial charge in [-0.1, -0.05) is 143 Å². The molecule has 0 aromatic carbocycles. The predicted octanol–water partition coefficient (Wildman–Crippen LogP) is 13.6. The predicted molar refractivity (Wildman–Crippen MR) is 262 cm³/mol. The van der Waals surface area contributed by atoms with Crippen molar-refractivity contribution in [3.05, 3.63) is 104 Å². The van der Waals surface area contributed by atoms with Gasteiger partial charge in [-0.25, -0.2) is 15.0 Å². The average molecular weight is 873 g/mol. The van der Waals surface area contributed by atoms with Crippen LogP contribution in [-0.2, 0) is 19.1 Å². The molecule has 2 N–H and O–H groups in total. The van der Waals surface area contributed by atoms with Crippen LogP contribution in [0.15, 0.2) is 119 Å². The van der Waals surface area contributed by atoms with Gasteiger partial charge in [0, 0.05) is 46.4 Å². The highest BCUT2D eigenvalue weighted by molar-refractivity contribution is 6.24. The second kappa shape index (κ2) is 23.4. The first-order chi connectivity index (χ1) is 31.0. The number of unbranched alkanes of at least 4 members (excludes halogenated alkanes) is 17. The van der Waals surface area contributed by atoms with Gasteiger partial charge in [0.15, 0.2) is 0 Å². The van der Waals surface area contributed by atoms with Crippen LogP contribution in [0, 0.1) is 17.8 Å². The van der Waals surface area contributed by atoms with Gasteiger partial charge in [0.25, 0.3) is 0 Å². The maximum atomic E-state index is 13.6. The molecule has 0 amide bonds. The Morgan fingerprint density at radius 1 is 0.766 bits per heavy atom. The molecule has 8 bridgehead atoms. The number of nitrogens with zero attached hydrogens (tertiary/aromatic N) is 3. The molecule has 1 saturated heterocycles. The molecule has 5 heterocycles. The Balaban J connectivity index is 1.09. The summed E-state index contributed by atoms with van der Waals surface area (Å²) in [6.45, 7) is 17.2. The molecule has 0 aromatic heterocycles. The molecular formula is C55H76N4O5. The lowest BCUT2D eigenvalue weighted by molar-refractivity contribution is -0.144. The normalized spacial score (nSPS) is 21.3. The zero-order valence-electron chi connectivity index (χ0n) is 40.2. The van der Waals surface area contributed by atoms with E-state index < -0.39 is 11.9 Å². The molecule has 3 atom stereocenters. The molecule has 5 aliphatic heterocycles. The van der Waals surface area contributed by atoms with E-state index in [1.807, 2.05) is 25.2 Å². The molecular weight excluding hydrogens is 797 g/mol. The lowest BCUT2D eigenvalue weighted by Crippen LogP contribution is -2.25. The molecule has 0 saturated carbocycles. The van der Waals surface area contributed by atoms with E-state index in [4.69, 9.17) is 24.5 Å². The number of nitrogens with one attached hydrogen (secondary N) is 1. The first-order valence-corrected chi connectivity index (χ1v) is 24.9. The van der Waals surface area contributed by atoms with E-state index in [1.54, 1.807) is 0 Å². The topological polar surface area (TPSA) is 122 Å². The minimum atomic E-state index is -1.06. The SMILES string of the molecule is C=CC1=C(C)C2=NC1=CC1=NC(=CC3=C(C)C4=C(O)[C@H](C(=O)OC)C(=C5NC(=C2)[C@@H](C)[C@@H]5CCC(=O)OCCCCCCCCCCCCCCCCCCCC)C4=N3)C(CC)=C1C. The number of aliphatic hydroxyl groups excluding tert-OH is 1. The third-order valence-corrected chi connectivity index (χ3v) is 14.3. The van der Waals surface area contributed by atoms with Crippen molar-refractivity contribution in [2.75, 3.05) is 13.7 Å². The Kier molecular flexibility index (Phi) is 17.8. The minimum Gasteiger partial charge on any atom is -0.510 e. The summed E-state index contributed by atoms with van der Waals surface area (Å²) in [6.07, 6.45) is 33.1. The van der Waals surface area contributed by atoms with Crippen LogP contribution >= 0.6 is 0 Å². The Bertz CT molecular complexity index is 2160. The number of carbonyl (C=O) groups excluding carboxylic acids is 2. The fourth-order valence-corrected chi connectivity index (χ4v) is 10.3. The van der Waals surface area contributed by atoms with Gasteiger partial charge in [0.2, 0.25) is 0 Å². The first-order valence-electron chi connectivity index (χ1n) is 24.9. The van der Waals surface area contributed by atoms with Crippen molar-refractivity contribution >= 4 is 29.1 Å². The quantitative estimate of drug-likeness (QED) is 0.0696. The van der Waals surface area contributed by atoms with Crippen molar-refractivity contribution in [3.63, 3.8) is 0 Å². The van der Waals surface area contributed by atoms with Crippen LogP contribution in [0.25, 0.3) is 0 Å². The molecule has 6 aliphatic rings. The number of carbonyl (C=O) groups is 2. The van der Waals surface area contributed by atoms with Gasteiger partial charge in [-0.15, -0.1) is 0 Å². The third-order valence-electron chi connectivity index (χ3n) is 14.3. The number of aliphatic hydroxyl groups is 1. The van der Waals surface area contributed by atoms with Crippen molar-refractivity contribution in [2.24, 2.45) is 32.7 Å². The van der Waals surface area contributed by atoms with Gasteiger partial charge >= 0.3 is 11.9 Å². The third kappa shape index (κ3) is 11.2. The van der Waals surface area contributed by atoms with E-state index in [1.165, 1.54) is 110 Å². The van der Waals surface area contributed by atoms with E-state index >= 15 is 0 Å². The number of fused-ring (bicyclic) bond motifs is 5. The molecule has 1 aliphatic carbocycles. The number of ether oxygens (including phenoxy) is 2. The Labute approximate surface area is 384 Å². The van der Waals surface area contributed by atoms with Crippen LogP contribution in [0.3, 0.4) is 0 Å². The number of hydrogen-bond donors (Lipinski definition) is 2. The van der Waals surface area contributed by atoms with Crippen LogP contribution in [0.4, 0.5) is 0 Å². The molecule has 9 heteroatoms. The number of hydrogen-bond acceptors (Lipinski definition) is 9. The van der Waals surface area contributed by atoms with Gasteiger partial charge in [0.1, 0.15) is 11.7 Å². The maximum absolute atomic E-state index is 13.6. The van der Waals surface area contributed by atoms with E-state index in [-0.39, 0.29) is 30.0 Å². The number of aliphatic imine (C=N–C) groups is 3. The van der Waals surface area contributed by atoms with Gasteiger partial charge in [0.05, 0.1) is 47.9 Å². The van der Waals surface area contributed by atoms with E-state index in [0.717, 1.165) is 81.3 Å². The molecule has 64 heavy (non-hydrogen) atoms.